The third kappa shape index (κ3) is 3.51. The van der Waals surface area contributed by atoms with E-state index in [1.165, 1.54) is 0 Å². The van der Waals surface area contributed by atoms with Crippen LogP contribution in [-0.2, 0) is 18.4 Å². The highest BCUT2D eigenvalue weighted by atomic mass is 35.5. The molecule has 0 bridgehead atoms. The fraction of sp³-hybridized carbons (Fsp3) is 0.286. The highest BCUT2D eigenvalue weighted by Gasteiger charge is 2.11. The monoisotopic (exact) mass is 295 g/mol. The number of carbonyl (C=O) groups excluding carboxylic acids is 1. The van der Waals surface area contributed by atoms with E-state index in [1.807, 2.05) is 37.3 Å². The number of hydrogen-bond acceptors (Lipinski definition) is 2. The Labute approximate surface area is 124 Å². The number of hydrogen-bond donors (Lipinski definition) is 2. The molecule has 0 saturated carbocycles. The molecule has 0 aliphatic rings. The molecule has 6 heteroatoms. The van der Waals surface area contributed by atoms with Crippen LogP contribution in [0.4, 0.5) is 5.69 Å². The molecule has 5 nitrogen and oxygen atoms in total. The molecular weight excluding hydrogens is 278 g/mol. The molecule has 0 aliphatic carbocycles. The van der Waals surface area contributed by atoms with Gasteiger partial charge in [-0.05, 0) is 25.5 Å². The molecule has 2 N–H and O–H groups in total. The van der Waals surface area contributed by atoms with E-state index in [0.717, 1.165) is 5.56 Å². The van der Waals surface area contributed by atoms with Gasteiger partial charge >= 0.3 is 0 Å². The maximum absolute atomic E-state index is 11.9. The van der Waals surface area contributed by atoms with E-state index >= 15 is 0 Å². The lowest BCUT2D eigenvalue weighted by molar-refractivity contribution is -0.671. The van der Waals surface area contributed by atoms with Crippen LogP contribution in [0, 0.1) is 13.8 Å². The molecule has 0 unspecified atom stereocenters. The van der Waals surface area contributed by atoms with Gasteiger partial charge in [-0.15, -0.1) is 0 Å². The number of rotatable bonds is 3. The van der Waals surface area contributed by atoms with Crippen molar-refractivity contribution >= 4 is 11.6 Å². The van der Waals surface area contributed by atoms with Crippen molar-refractivity contribution in [3.63, 3.8) is 0 Å². The summed E-state index contributed by atoms with van der Waals surface area (Å²) < 4.78 is 3.66. The smallest absolute Gasteiger partial charge is 0.266 e. The van der Waals surface area contributed by atoms with E-state index < -0.39 is 0 Å². The molecule has 0 spiro atoms. The van der Waals surface area contributed by atoms with Gasteiger partial charge in [0.05, 0.1) is 7.05 Å². The SMILES string of the molecule is Cc1ccc(NC(=O)Cn2cc[n+](C)c2)c(C)c1O.[Cl-]. The van der Waals surface area contributed by atoms with Gasteiger partial charge in [-0.1, -0.05) is 6.07 Å². The summed E-state index contributed by atoms with van der Waals surface area (Å²) in [6, 6.07) is 3.59. The minimum absolute atomic E-state index is 0. The number of phenols is 1. The number of imidazole rings is 1. The molecule has 0 aliphatic heterocycles. The van der Waals surface area contributed by atoms with Crippen LogP contribution < -0.4 is 22.3 Å². The number of aromatic hydroxyl groups is 1. The molecule has 2 aromatic rings. The van der Waals surface area contributed by atoms with Crippen molar-refractivity contribution in [2.75, 3.05) is 5.32 Å². The van der Waals surface area contributed by atoms with Crippen LogP contribution in [0.25, 0.3) is 0 Å². The van der Waals surface area contributed by atoms with Crippen LogP contribution in [0.15, 0.2) is 30.9 Å². The molecule has 2 rings (SSSR count). The van der Waals surface area contributed by atoms with Crippen molar-refractivity contribution in [1.82, 2.24) is 4.57 Å². The zero-order valence-corrected chi connectivity index (χ0v) is 12.5. The van der Waals surface area contributed by atoms with Crippen LogP contribution in [0.3, 0.4) is 0 Å². The number of nitrogens with zero attached hydrogens (tertiary/aromatic N) is 2. The summed E-state index contributed by atoms with van der Waals surface area (Å²) in [5.41, 5.74) is 2.13. The normalized spacial score (nSPS) is 9.95. The fourth-order valence-corrected chi connectivity index (χ4v) is 1.92. The summed E-state index contributed by atoms with van der Waals surface area (Å²) in [6.45, 7) is 3.86. The molecule has 0 radical (unpaired) electrons. The Morgan fingerprint density at radius 2 is 2.10 bits per heavy atom. The summed E-state index contributed by atoms with van der Waals surface area (Å²) in [5.74, 6) is 0.104. The number of aryl methyl sites for hydroxylation is 2. The first-order valence-electron chi connectivity index (χ1n) is 6.07. The Bertz CT molecular complexity index is 623. The second kappa shape index (κ2) is 6.43. The standard InChI is InChI=1S/C14H17N3O2.ClH/c1-10-4-5-12(11(2)14(10)19)15-13(18)8-17-7-6-16(3)9-17;/h4-7,9H,8H2,1-3H3,(H-,15,18,19);1H. The van der Waals surface area contributed by atoms with Crippen LogP contribution in [-0.4, -0.2) is 15.6 Å². The fourth-order valence-electron chi connectivity index (χ4n) is 1.92. The summed E-state index contributed by atoms with van der Waals surface area (Å²) in [4.78, 5) is 11.9. The molecule has 1 amide bonds. The number of aromatic nitrogens is 2. The lowest BCUT2D eigenvalue weighted by atomic mass is 10.1. The molecule has 0 fully saturated rings. The maximum Gasteiger partial charge on any atom is 0.266 e. The Balaban J connectivity index is 0.00000200. The zero-order valence-electron chi connectivity index (χ0n) is 11.7. The molecule has 0 saturated heterocycles. The molecule has 108 valence electrons. The third-order valence-corrected chi connectivity index (χ3v) is 3.06. The van der Waals surface area contributed by atoms with Crippen LogP contribution in [0.2, 0.25) is 0 Å². The van der Waals surface area contributed by atoms with Gasteiger partial charge in [0.2, 0.25) is 6.33 Å². The minimum Gasteiger partial charge on any atom is -1.00 e. The highest BCUT2D eigenvalue weighted by molar-refractivity contribution is 5.91. The molecule has 20 heavy (non-hydrogen) atoms. The van der Waals surface area contributed by atoms with Gasteiger partial charge < -0.3 is 22.8 Å². The molecule has 0 atom stereocenters. The molecule has 1 aromatic heterocycles. The first-order valence-corrected chi connectivity index (χ1v) is 6.07. The lowest BCUT2D eigenvalue weighted by Crippen LogP contribution is -3.00. The maximum atomic E-state index is 11.9. The van der Waals surface area contributed by atoms with Crippen molar-refractivity contribution in [3.05, 3.63) is 42.0 Å². The number of phenolic OH excluding ortho intramolecular Hbond substituents is 1. The van der Waals surface area contributed by atoms with Gasteiger partial charge in [0.15, 0.2) is 6.54 Å². The number of halogens is 1. The number of anilines is 1. The first kappa shape index (κ1) is 16.0. The van der Waals surface area contributed by atoms with Crippen LogP contribution >= 0.6 is 0 Å². The summed E-state index contributed by atoms with van der Waals surface area (Å²) in [7, 11) is 1.90. The number of benzene rings is 1. The Morgan fingerprint density at radius 1 is 1.40 bits per heavy atom. The molecule has 1 heterocycles. The van der Waals surface area contributed by atoms with Gasteiger partial charge in [-0.2, -0.15) is 0 Å². The molecule has 1 aromatic carbocycles. The van der Waals surface area contributed by atoms with Gasteiger partial charge in [-0.3, -0.25) is 4.79 Å². The van der Waals surface area contributed by atoms with Gasteiger partial charge in [0, 0.05) is 11.3 Å². The number of nitrogens with one attached hydrogen (secondary N) is 1. The van der Waals surface area contributed by atoms with Gasteiger partial charge in [-0.25, -0.2) is 9.13 Å². The second-order valence-corrected chi connectivity index (χ2v) is 4.70. The number of carbonyl (C=O) groups is 1. The van der Waals surface area contributed by atoms with E-state index in [0.29, 0.717) is 11.3 Å². The quantitative estimate of drug-likeness (QED) is 0.662. The summed E-state index contributed by atoms with van der Waals surface area (Å²) in [5, 5.41) is 12.6. The topological polar surface area (TPSA) is 58.1 Å². The Kier molecular flexibility index (Phi) is 5.16. The highest BCUT2D eigenvalue weighted by Crippen LogP contribution is 2.27. The van der Waals surface area contributed by atoms with E-state index in [1.54, 1.807) is 23.6 Å². The molecular formula is C14H18ClN3O2. The predicted molar refractivity (Wildman–Crippen MR) is 71.8 cm³/mol. The van der Waals surface area contributed by atoms with E-state index in [4.69, 9.17) is 0 Å². The van der Waals surface area contributed by atoms with E-state index in [-0.39, 0.29) is 30.6 Å². The Morgan fingerprint density at radius 3 is 2.70 bits per heavy atom. The van der Waals surface area contributed by atoms with Gasteiger partial charge in [0.1, 0.15) is 18.1 Å². The Hall–Kier alpha value is -2.01. The predicted octanol–water partition coefficient (Wildman–Crippen LogP) is -1.72. The average Bonchev–Trinajstić information content (AvgIpc) is 2.75. The van der Waals surface area contributed by atoms with Crippen LogP contribution in [0.1, 0.15) is 11.1 Å². The van der Waals surface area contributed by atoms with Crippen molar-refractivity contribution in [3.8, 4) is 5.75 Å². The first-order chi connectivity index (χ1) is 8.97. The van der Waals surface area contributed by atoms with Crippen LogP contribution in [0.5, 0.6) is 5.75 Å². The van der Waals surface area contributed by atoms with Crippen molar-refractivity contribution in [1.29, 1.82) is 0 Å². The minimum atomic E-state index is -0.123. The van der Waals surface area contributed by atoms with Crippen molar-refractivity contribution < 1.29 is 26.9 Å². The van der Waals surface area contributed by atoms with Crippen molar-refractivity contribution in [2.24, 2.45) is 7.05 Å². The lowest BCUT2D eigenvalue weighted by Gasteiger charge is -2.10. The summed E-state index contributed by atoms with van der Waals surface area (Å²) >= 11 is 0. The van der Waals surface area contributed by atoms with Gasteiger partial charge in [0.25, 0.3) is 5.91 Å². The van der Waals surface area contributed by atoms with Crippen molar-refractivity contribution in [2.45, 2.75) is 20.4 Å². The van der Waals surface area contributed by atoms with E-state index in [9.17, 15) is 9.90 Å². The second-order valence-electron chi connectivity index (χ2n) is 4.70. The largest absolute Gasteiger partial charge is 1.00 e. The summed E-state index contributed by atoms with van der Waals surface area (Å²) in [6.07, 6.45) is 5.54. The van der Waals surface area contributed by atoms with E-state index in [2.05, 4.69) is 5.32 Å². The third-order valence-electron chi connectivity index (χ3n) is 3.06. The zero-order chi connectivity index (χ0) is 14.0. The average molecular weight is 296 g/mol. The number of amides is 1.